The predicted octanol–water partition coefficient (Wildman–Crippen LogP) is 4.68. The summed E-state index contributed by atoms with van der Waals surface area (Å²) in [4.78, 5) is 0. The topological polar surface area (TPSA) is 29.5 Å². The molecule has 2 aromatic rings. The number of benzene rings is 2. The highest BCUT2D eigenvalue weighted by Gasteiger charge is 2.22. The molecule has 0 fully saturated rings. The van der Waals surface area contributed by atoms with Gasteiger partial charge in [-0.25, -0.2) is 0 Å². The van der Waals surface area contributed by atoms with E-state index < -0.39 is 0 Å². The van der Waals surface area contributed by atoms with Gasteiger partial charge in [0.05, 0.1) is 13.0 Å². The third-order valence-electron chi connectivity index (χ3n) is 4.12. The molecule has 25 heavy (non-hydrogen) atoms. The van der Waals surface area contributed by atoms with Gasteiger partial charge in [0.2, 0.25) is 0 Å². The summed E-state index contributed by atoms with van der Waals surface area (Å²) in [6, 6.07) is 18.3. The average Bonchev–Trinajstić information content (AvgIpc) is 2.61. The summed E-state index contributed by atoms with van der Waals surface area (Å²) in [6.07, 6.45) is 0.798. The highest BCUT2D eigenvalue weighted by molar-refractivity contribution is 5.35. The fraction of sp³-hybridized carbons (Fsp3) is 0.391. The molecule has 0 saturated heterocycles. The molecule has 0 radical (unpaired) electrons. The molecule has 132 valence electrons. The molecule has 0 aliphatic heterocycles. The number of aliphatic hydroxyl groups is 1. The Labute approximate surface area is 151 Å². The Balaban J connectivity index is 2.35. The molecule has 0 unspecified atom stereocenters. The van der Waals surface area contributed by atoms with Crippen molar-refractivity contribution in [1.82, 2.24) is 0 Å². The van der Waals surface area contributed by atoms with Crippen LogP contribution < -0.4 is 4.74 Å². The summed E-state index contributed by atoms with van der Waals surface area (Å²) < 4.78 is 5.26. The van der Waals surface area contributed by atoms with Crippen molar-refractivity contribution in [3.63, 3.8) is 0 Å². The van der Waals surface area contributed by atoms with Gasteiger partial charge in [-0.05, 0) is 50.5 Å². The zero-order valence-electron chi connectivity index (χ0n) is 15.6. The van der Waals surface area contributed by atoms with Crippen molar-refractivity contribution < 1.29 is 9.84 Å². The van der Waals surface area contributed by atoms with Crippen LogP contribution >= 0.6 is 0 Å². The Hall–Kier alpha value is -2.24. The van der Waals surface area contributed by atoms with E-state index in [0.29, 0.717) is 0 Å². The number of methoxy groups -OCH3 is 1. The molecule has 2 aromatic carbocycles. The lowest BCUT2D eigenvalue weighted by Crippen LogP contribution is -2.19. The molecule has 2 heteroatoms. The number of aliphatic hydroxyl groups excluding tert-OH is 1. The molecule has 0 aliphatic rings. The second kappa shape index (κ2) is 8.74. The molecule has 0 heterocycles. The first kappa shape index (κ1) is 19.1. The third-order valence-corrected chi connectivity index (χ3v) is 4.12. The lowest BCUT2D eigenvalue weighted by Gasteiger charge is -2.23. The maximum Gasteiger partial charge on any atom is 0.118 e. The molecule has 0 bridgehead atoms. The lowest BCUT2D eigenvalue weighted by molar-refractivity contribution is 0.216. The molecule has 0 aromatic heterocycles. The molecule has 0 spiro atoms. The summed E-state index contributed by atoms with van der Waals surface area (Å²) in [7, 11) is 1.66. The van der Waals surface area contributed by atoms with E-state index in [0.717, 1.165) is 17.7 Å². The van der Waals surface area contributed by atoms with Crippen molar-refractivity contribution in [2.45, 2.75) is 33.1 Å². The maximum atomic E-state index is 10.1. The van der Waals surface area contributed by atoms with Crippen LogP contribution in [-0.4, -0.2) is 18.8 Å². The van der Waals surface area contributed by atoms with Gasteiger partial charge in [-0.2, -0.15) is 0 Å². The Bertz CT molecular complexity index is 700. The van der Waals surface area contributed by atoms with E-state index in [1.165, 1.54) is 5.56 Å². The van der Waals surface area contributed by atoms with Crippen molar-refractivity contribution in [2.75, 3.05) is 13.7 Å². The summed E-state index contributed by atoms with van der Waals surface area (Å²) in [5, 5.41) is 10.1. The maximum absolute atomic E-state index is 10.1. The molecule has 2 atom stereocenters. The SMILES string of the molecule is COc1ccc([C@H](C#CC(C)(C)C)[C@H](CO)Cc2ccccc2)cc1. The molecule has 2 nitrogen and oxygen atoms in total. The number of ether oxygens (including phenoxy) is 1. The first-order chi connectivity index (χ1) is 11.9. The van der Waals surface area contributed by atoms with Crippen LogP contribution in [0.1, 0.15) is 37.8 Å². The van der Waals surface area contributed by atoms with Crippen LogP contribution in [0.25, 0.3) is 0 Å². The second-order valence-corrected chi connectivity index (χ2v) is 7.40. The largest absolute Gasteiger partial charge is 0.497 e. The minimum Gasteiger partial charge on any atom is -0.497 e. The fourth-order valence-electron chi connectivity index (χ4n) is 2.78. The van der Waals surface area contributed by atoms with E-state index in [1.54, 1.807) is 7.11 Å². The summed E-state index contributed by atoms with van der Waals surface area (Å²) >= 11 is 0. The van der Waals surface area contributed by atoms with Gasteiger partial charge in [0.25, 0.3) is 0 Å². The van der Waals surface area contributed by atoms with Crippen LogP contribution in [-0.2, 0) is 6.42 Å². The highest BCUT2D eigenvalue weighted by atomic mass is 16.5. The van der Waals surface area contributed by atoms with Crippen LogP contribution in [0.15, 0.2) is 54.6 Å². The van der Waals surface area contributed by atoms with Crippen LogP contribution in [0.4, 0.5) is 0 Å². The number of hydrogen-bond donors (Lipinski definition) is 1. The Morgan fingerprint density at radius 1 is 1.00 bits per heavy atom. The molecule has 1 N–H and O–H groups in total. The predicted molar refractivity (Wildman–Crippen MR) is 104 cm³/mol. The monoisotopic (exact) mass is 336 g/mol. The van der Waals surface area contributed by atoms with Gasteiger partial charge in [0, 0.05) is 17.9 Å². The van der Waals surface area contributed by atoms with Crippen molar-refractivity contribution in [3.05, 3.63) is 65.7 Å². The van der Waals surface area contributed by atoms with Crippen LogP contribution in [0.2, 0.25) is 0 Å². The fourth-order valence-corrected chi connectivity index (χ4v) is 2.78. The lowest BCUT2D eigenvalue weighted by atomic mass is 9.82. The standard InChI is InChI=1S/C23H28O2/c1-23(2,3)15-14-22(19-10-12-21(25-4)13-11-19)20(17-24)16-18-8-6-5-7-9-18/h5-13,20,22,24H,16-17H2,1-4H3/t20-,22-/m0/s1. The molecule has 0 saturated carbocycles. The second-order valence-electron chi connectivity index (χ2n) is 7.40. The van der Waals surface area contributed by atoms with Gasteiger partial charge in [-0.15, -0.1) is 0 Å². The summed E-state index contributed by atoms with van der Waals surface area (Å²) in [5.74, 6) is 7.65. The van der Waals surface area contributed by atoms with Crippen LogP contribution in [0.3, 0.4) is 0 Å². The van der Waals surface area contributed by atoms with E-state index in [9.17, 15) is 5.11 Å². The molecule has 2 rings (SSSR count). The Morgan fingerprint density at radius 2 is 1.64 bits per heavy atom. The quantitative estimate of drug-likeness (QED) is 0.776. The van der Waals surface area contributed by atoms with E-state index in [4.69, 9.17) is 4.74 Å². The Kier molecular flexibility index (Phi) is 6.67. The first-order valence-electron chi connectivity index (χ1n) is 8.74. The van der Waals surface area contributed by atoms with E-state index >= 15 is 0 Å². The normalized spacial score (nSPS) is 13.5. The van der Waals surface area contributed by atoms with Crippen molar-refractivity contribution in [1.29, 1.82) is 0 Å². The molecule has 0 amide bonds. The van der Waals surface area contributed by atoms with Crippen LogP contribution in [0.5, 0.6) is 5.75 Å². The van der Waals surface area contributed by atoms with Crippen molar-refractivity contribution >= 4 is 0 Å². The van der Waals surface area contributed by atoms with E-state index in [2.05, 4.69) is 56.9 Å². The zero-order chi connectivity index (χ0) is 18.3. The van der Waals surface area contributed by atoms with E-state index in [-0.39, 0.29) is 23.9 Å². The number of rotatable bonds is 6. The first-order valence-corrected chi connectivity index (χ1v) is 8.74. The van der Waals surface area contributed by atoms with Crippen molar-refractivity contribution in [3.8, 4) is 17.6 Å². The smallest absolute Gasteiger partial charge is 0.118 e. The zero-order valence-corrected chi connectivity index (χ0v) is 15.6. The van der Waals surface area contributed by atoms with Gasteiger partial charge in [0.1, 0.15) is 5.75 Å². The molecule has 0 aliphatic carbocycles. The minimum atomic E-state index is -0.0720. The van der Waals surface area contributed by atoms with Gasteiger partial charge in [-0.1, -0.05) is 54.3 Å². The van der Waals surface area contributed by atoms with Gasteiger partial charge < -0.3 is 9.84 Å². The number of hydrogen-bond acceptors (Lipinski definition) is 2. The van der Waals surface area contributed by atoms with E-state index in [1.807, 2.05) is 30.3 Å². The minimum absolute atomic E-state index is 0.0182. The molecular formula is C23H28O2. The highest BCUT2D eigenvalue weighted by Crippen LogP contribution is 2.29. The Morgan fingerprint density at radius 3 is 2.16 bits per heavy atom. The van der Waals surface area contributed by atoms with Gasteiger partial charge >= 0.3 is 0 Å². The average molecular weight is 336 g/mol. The molecular weight excluding hydrogens is 308 g/mol. The summed E-state index contributed by atoms with van der Waals surface area (Å²) in [6.45, 7) is 6.42. The van der Waals surface area contributed by atoms with Crippen LogP contribution in [0, 0.1) is 23.2 Å². The summed E-state index contributed by atoms with van der Waals surface area (Å²) in [5.41, 5.74) is 2.27. The third kappa shape index (κ3) is 5.96. The van der Waals surface area contributed by atoms with Gasteiger partial charge in [0.15, 0.2) is 0 Å². The van der Waals surface area contributed by atoms with Crippen molar-refractivity contribution in [2.24, 2.45) is 11.3 Å². The van der Waals surface area contributed by atoms with Gasteiger partial charge in [-0.3, -0.25) is 0 Å².